The summed E-state index contributed by atoms with van der Waals surface area (Å²) >= 11 is 0. The monoisotopic (exact) mass is 222 g/mol. The van der Waals surface area contributed by atoms with Gasteiger partial charge in [0, 0.05) is 19.1 Å². The molecule has 88 valence electrons. The molecule has 1 atom stereocenters. The van der Waals surface area contributed by atoms with Gasteiger partial charge < -0.3 is 15.8 Å². The topological polar surface area (TPSA) is 64.3 Å². The van der Waals surface area contributed by atoms with Crippen LogP contribution in [0.15, 0.2) is 30.3 Å². The van der Waals surface area contributed by atoms with Gasteiger partial charge in [0.05, 0.1) is 5.56 Å². The van der Waals surface area contributed by atoms with E-state index >= 15 is 0 Å². The van der Waals surface area contributed by atoms with Crippen molar-refractivity contribution >= 4 is 5.97 Å². The molecule has 0 heterocycles. The van der Waals surface area contributed by atoms with E-state index in [-0.39, 0.29) is 12.0 Å². The highest BCUT2D eigenvalue weighted by Crippen LogP contribution is 2.00. The van der Waals surface area contributed by atoms with Crippen LogP contribution < -0.4 is 11.1 Å². The summed E-state index contributed by atoms with van der Waals surface area (Å²) in [6.45, 7) is 3.63. The highest BCUT2D eigenvalue weighted by molar-refractivity contribution is 5.89. The molecule has 0 fully saturated rings. The average molecular weight is 222 g/mol. The Morgan fingerprint density at radius 2 is 2.12 bits per heavy atom. The van der Waals surface area contributed by atoms with E-state index in [1.54, 1.807) is 12.1 Å². The summed E-state index contributed by atoms with van der Waals surface area (Å²) in [6.07, 6.45) is 0. The van der Waals surface area contributed by atoms with Gasteiger partial charge in [-0.25, -0.2) is 4.79 Å². The maximum atomic E-state index is 11.5. The van der Waals surface area contributed by atoms with E-state index in [0.717, 1.165) is 6.54 Å². The van der Waals surface area contributed by atoms with Gasteiger partial charge in [-0.2, -0.15) is 0 Å². The van der Waals surface area contributed by atoms with Crippen molar-refractivity contribution in [1.82, 2.24) is 5.32 Å². The lowest BCUT2D eigenvalue weighted by Gasteiger charge is -2.08. The predicted molar refractivity (Wildman–Crippen MR) is 63.2 cm³/mol. The molecular weight excluding hydrogens is 204 g/mol. The molecule has 0 saturated heterocycles. The summed E-state index contributed by atoms with van der Waals surface area (Å²) < 4.78 is 5.07. The Labute approximate surface area is 95.8 Å². The van der Waals surface area contributed by atoms with Crippen LogP contribution in [0.3, 0.4) is 0 Å². The first-order chi connectivity index (χ1) is 7.70. The second-order valence-corrected chi connectivity index (χ2v) is 3.68. The molecule has 4 nitrogen and oxygen atoms in total. The molecule has 0 aliphatic carbocycles. The molecule has 3 N–H and O–H groups in total. The van der Waals surface area contributed by atoms with E-state index in [1.807, 2.05) is 25.1 Å². The Balaban J connectivity index is 2.16. The van der Waals surface area contributed by atoms with Crippen molar-refractivity contribution in [2.24, 2.45) is 5.73 Å². The number of ether oxygens (including phenoxy) is 1. The molecular formula is C12H18N2O2. The lowest BCUT2D eigenvalue weighted by Crippen LogP contribution is -2.33. The van der Waals surface area contributed by atoms with Crippen LogP contribution in [-0.2, 0) is 4.74 Å². The summed E-state index contributed by atoms with van der Waals surface area (Å²) in [4.78, 5) is 11.5. The Bertz CT molecular complexity index is 312. The molecule has 0 aromatic heterocycles. The molecule has 0 spiro atoms. The first kappa shape index (κ1) is 12.7. The Kier molecular flexibility index (Phi) is 5.53. The van der Waals surface area contributed by atoms with E-state index in [9.17, 15) is 4.79 Å². The number of rotatable bonds is 6. The molecule has 1 unspecified atom stereocenters. The van der Waals surface area contributed by atoms with Gasteiger partial charge in [0.25, 0.3) is 0 Å². The first-order valence-corrected chi connectivity index (χ1v) is 5.38. The predicted octanol–water partition coefficient (Wildman–Crippen LogP) is 0.780. The standard InChI is InChI=1S/C12H18N2O2/c1-10(13)9-14-7-8-16-12(15)11-5-3-2-4-6-11/h2-6,10,14H,7-9,13H2,1H3. The Morgan fingerprint density at radius 3 is 2.75 bits per heavy atom. The van der Waals surface area contributed by atoms with E-state index in [1.165, 1.54) is 0 Å². The SMILES string of the molecule is CC(N)CNCCOC(=O)c1ccccc1. The zero-order chi connectivity index (χ0) is 11.8. The number of carbonyl (C=O) groups is 1. The van der Waals surface area contributed by atoms with Gasteiger partial charge >= 0.3 is 5.97 Å². The van der Waals surface area contributed by atoms with E-state index in [0.29, 0.717) is 18.7 Å². The summed E-state index contributed by atoms with van der Waals surface area (Å²) in [5.74, 6) is -0.289. The van der Waals surface area contributed by atoms with Crippen molar-refractivity contribution < 1.29 is 9.53 Å². The average Bonchev–Trinajstić information content (AvgIpc) is 2.29. The minimum atomic E-state index is -0.289. The van der Waals surface area contributed by atoms with Gasteiger partial charge in [0.15, 0.2) is 0 Å². The van der Waals surface area contributed by atoms with Gasteiger partial charge in [-0.15, -0.1) is 0 Å². The van der Waals surface area contributed by atoms with Crippen LogP contribution in [-0.4, -0.2) is 31.7 Å². The number of nitrogens with two attached hydrogens (primary N) is 1. The summed E-state index contributed by atoms with van der Waals surface area (Å²) in [6, 6.07) is 9.07. The highest BCUT2D eigenvalue weighted by atomic mass is 16.5. The maximum absolute atomic E-state index is 11.5. The summed E-state index contributed by atoms with van der Waals surface area (Å²) in [5.41, 5.74) is 6.13. The molecule has 1 aromatic rings. The summed E-state index contributed by atoms with van der Waals surface area (Å²) in [5, 5.41) is 3.09. The van der Waals surface area contributed by atoms with Crippen molar-refractivity contribution in [2.75, 3.05) is 19.7 Å². The van der Waals surface area contributed by atoms with Crippen LogP contribution >= 0.6 is 0 Å². The second kappa shape index (κ2) is 6.98. The van der Waals surface area contributed by atoms with E-state index in [4.69, 9.17) is 10.5 Å². The Hall–Kier alpha value is -1.39. The molecule has 0 aliphatic rings. The number of nitrogens with one attached hydrogen (secondary N) is 1. The van der Waals surface area contributed by atoms with Crippen molar-refractivity contribution in [1.29, 1.82) is 0 Å². The van der Waals surface area contributed by atoms with Gasteiger partial charge in [-0.3, -0.25) is 0 Å². The lowest BCUT2D eigenvalue weighted by atomic mass is 10.2. The molecule has 4 heteroatoms. The molecule has 0 aliphatic heterocycles. The fourth-order valence-corrected chi connectivity index (χ4v) is 1.20. The quantitative estimate of drug-likeness (QED) is 0.551. The number of hydrogen-bond donors (Lipinski definition) is 2. The lowest BCUT2D eigenvalue weighted by molar-refractivity contribution is 0.0508. The molecule has 0 amide bonds. The smallest absolute Gasteiger partial charge is 0.338 e. The van der Waals surface area contributed by atoms with Crippen LogP contribution in [0.4, 0.5) is 0 Å². The van der Waals surface area contributed by atoms with Crippen LogP contribution in [0.5, 0.6) is 0 Å². The van der Waals surface area contributed by atoms with Crippen LogP contribution in [0.2, 0.25) is 0 Å². The molecule has 0 bridgehead atoms. The van der Waals surface area contributed by atoms with Crippen molar-refractivity contribution in [2.45, 2.75) is 13.0 Å². The molecule has 0 saturated carbocycles. The highest BCUT2D eigenvalue weighted by Gasteiger charge is 2.04. The number of carbonyl (C=O) groups excluding carboxylic acids is 1. The largest absolute Gasteiger partial charge is 0.461 e. The van der Waals surface area contributed by atoms with Gasteiger partial charge in [-0.05, 0) is 19.1 Å². The van der Waals surface area contributed by atoms with Crippen LogP contribution in [0.1, 0.15) is 17.3 Å². The zero-order valence-corrected chi connectivity index (χ0v) is 9.48. The van der Waals surface area contributed by atoms with E-state index < -0.39 is 0 Å². The molecule has 16 heavy (non-hydrogen) atoms. The number of benzene rings is 1. The van der Waals surface area contributed by atoms with Crippen molar-refractivity contribution in [3.8, 4) is 0 Å². The van der Waals surface area contributed by atoms with Crippen LogP contribution in [0.25, 0.3) is 0 Å². The first-order valence-electron chi connectivity index (χ1n) is 5.38. The third-order valence-corrected chi connectivity index (χ3v) is 1.99. The van der Waals surface area contributed by atoms with Gasteiger partial charge in [0.1, 0.15) is 6.61 Å². The number of esters is 1. The molecule has 1 aromatic carbocycles. The summed E-state index contributed by atoms with van der Waals surface area (Å²) in [7, 11) is 0. The molecule has 1 rings (SSSR count). The third-order valence-electron chi connectivity index (χ3n) is 1.99. The zero-order valence-electron chi connectivity index (χ0n) is 9.48. The minimum Gasteiger partial charge on any atom is -0.461 e. The van der Waals surface area contributed by atoms with Crippen molar-refractivity contribution in [3.05, 3.63) is 35.9 Å². The van der Waals surface area contributed by atoms with E-state index in [2.05, 4.69) is 5.32 Å². The molecule has 0 radical (unpaired) electrons. The van der Waals surface area contributed by atoms with Crippen molar-refractivity contribution in [3.63, 3.8) is 0 Å². The van der Waals surface area contributed by atoms with Gasteiger partial charge in [-0.1, -0.05) is 18.2 Å². The fraction of sp³-hybridized carbons (Fsp3) is 0.417. The Morgan fingerprint density at radius 1 is 1.44 bits per heavy atom. The van der Waals surface area contributed by atoms with Crippen LogP contribution in [0, 0.1) is 0 Å². The normalized spacial score (nSPS) is 12.1. The fourth-order valence-electron chi connectivity index (χ4n) is 1.20. The number of hydrogen-bond acceptors (Lipinski definition) is 4. The van der Waals surface area contributed by atoms with Gasteiger partial charge in [0.2, 0.25) is 0 Å². The maximum Gasteiger partial charge on any atom is 0.338 e. The third kappa shape index (κ3) is 4.91. The minimum absolute atomic E-state index is 0.116. The second-order valence-electron chi connectivity index (χ2n) is 3.68.